The van der Waals surface area contributed by atoms with Crippen molar-refractivity contribution in [2.24, 2.45) is 0 Å². The number of nitrogens with zero attached hydrogens (tertiary/aromatic N) is 1. The minimum Gasteiger partial charge on any atom is -0.325 e. The third-order valence-corrected chi connectivity index (χ3v) is 9.30. The fourth-order valence-electron chi connectivity index (χ4n) is 5.97. The van der Waals surface area contributed by atoms with E-state index < -0.39 is 0 Å². The predicted octanol–water partition coefficient (Wildman–Crippen LogP) is 14.9. The largest absolute Gasteiger partial charge is 0.325 e. The molecule has 0 atom stereocenters. The van der Waals surface area contributed by atoms with Gasteiger partial charge < -0.3 is 4.48 Å². The minimum absolute atomic E-state index is 1.10. The van der Waals surface area contributed by atoms with Crippen molar-refractivity contribution in [1.82, 2.24) is 0 Å². The lowest BCUT2D eigenvalue weighted by Crippen LogP contribution is -2.40. The highest BCUT2D eigenvalue weighted by atomic mass is 15.3. The molecule has 0 amide bonds. The summed E-state index contributed by atoms with van der Waals surface area (Å²) >= 11 is 0. The van der Waals surface area contributed by atoms with Crippen LogP contribution in [0, 0.1) is 0 Å². The highest BCUT2D eigenvalue weighted by Crippen LogP contribution is 2.14. The highest BCUT2D eigenvalue weighted by molar-refractivity contribution is 5.63. The predicted molar refractivity (Wildman–Crippen MR) is 229 cm³/mol. The maximum Gasteiger partial charge on any atom is 0.0972 e. The van der Waals surface area contributed by atoms with Crippen LogP contribution in [0.25, 0.3) is 24.3 Å². The van der Waals surface area contributed by atoms with Crippen LogP contribution in [0.5, 0.6) is 0 Å². The van der Waals surface area contributed by atoms with Gasteiger partial charge in [-0.05, 0) is 59.6 Å². The van der Waals surface area contributed by atoms with Gasteiger partial charge in [0.15, 0.2) is 0 Å². The van der Waals surface area contributed by atoms with Crippen molar-refractivity contribution >= 4 is 24.3 Å². The summed E-state index contributed by atoms with van der Waals surface area (Å²) in [6.07, 6.45) is 33.8. The van der Waals surface area contributed by atoms with Gasteiger partial charge in [-0.2, -0.15) is 0 Å². The molecular formula is C49H74N+. The number of hydrogen-bond donors (Lipinski definition) is 0. The Balaban J connectivity index is 0.000000411. The summed E-state index contributed by atoms with van der Waals surface area (Å²) in [4.78, 5) is 0. The number of hydrogen-bond acceptors (Lipinski definition) is 0. The van der Waals surface area contributed by atoms with Gasteiger partial charge in [0.25, 0.3) is 0 Å². The summed E-state index contributed by atoms with van der Waals surface area (Å²) in [6, 6.07) is 27.4. The molecule has 0 radical (unpaired) electrons. The molecule has 0 saturated heterocycles. The van der Waals surface area contributed by atoms with E-state index in [9.17, 15) is 0 Å². The van der Waals surface area contributed by atoms with Crippen molar-refractivity contribution in [2.75, 3.05) is 27.2 Å². The summed E-state index contributed by atoms with van der Waals surface area (Å²) in [7, 11) is 4.70. The number of benzene rings is 3. The lowest BCUT2D eigenvalue weighted by Gasteiger charge is -2.28. The lowest BCUT2D eigenvalue weighted by atomic mass is 10.0. The van der Waals surface area contributed by atoms with E-state index in [2.05, 4.69) is 114 Å². The lowest BCUT2D eigenvalue weighted by molar-refractivity contribution is -0.884. The molecule has 0 aliphatic rings. The molecule has 3 aromatic rings. The van der Waals surface area contributed by atoms with Crippen molar-refractivity contribution in [3.8, 4) is 0 Å². The molecule has 0 aromatic heterocycles. The van der Waals surface area contributed by atoms with Crippen molar-refractivity contribution in [3.05, 3.63) is 132 Å². The molecule has 274 valence electrons. The van der Waals surface area contributed by atoms with Gasteiger partial charge in [-0.3, -0.25) is 0 Å². The fourth-order valence-corrected chi connectivity index (χ4v) is 5.97. The molecule has 0 fully saturated rings. The molecule has 0 aliphatic carbocycles. The third-order valence-electron chi connectivity index (χ3n) is 9.30. The van der Waals surface area contributed by atoms with Gasteiger partial charge in [-0.25, -0.2) is 0 Å². The van der Waals surface area contributed by atoms with Crippen molar-refractivity contribution in [1.29, 1.82) is 0 Å². The van der Waals surface area contributed by atoms with Crippen LogP contribution in [0.4, 0.5) is 0 Å². The zero-order chi connectivity index (χ0) is 36.5. The molecule has 0 saturated carbocycles. The van der Waals surface area contributed by atoms with Crippen molar-refractivity contribution < 1.29 is 4.48 Å². The monoisotopic (exact) mass is 677 g/mol. The normalized spacial score (nSPS) is 10.9. The van der Waals surface area contributed by atoms with Crippen LogP contribution in [0.1, 0.15) is 144 Å². The van der Waals surface area contributed by atoms with Gasteiger partial charge in [0, 0.05) is 0 Å². The first kappa shape index (κ1) is 44.6. The Kier molecular flexibility index (Phi) is 27.1. The van der Waals surface area contributed by atoms with Gasteiger partial charge in [-0.15, -0.1) is 0 Å². The van der Waals surface area contributed by atoms with E-state index in [1.807, 2.05) is 42.5 Å². The van der Waals surface area contributed by atoms with Gasteiger partial charge in [0.2, 0.25) is 0 Å². The topological polar surface area (TPSA) is 0 Å². The zero-order valence-electron chi connectivity index (χ0n) is 32.9. The third kappa shape index (κ3) is 23.9. The highest BCUT2D eigenvalue weighted by Gasteiger charge is 2.11. The quantitative estimate of drug-likeness (QED) is 0.0654. The maximum atomic E-state index is 3.76. The van der Waals surface area contributed by atoms with Gasteiger partial charge in [0.05, 0.1) is 27.2 Å². The van der Waals surface area contributed by atoms with Crippen LogP contribution in [-0.4, -0.2) is 31.7 Å². The SMILES string of the molecule is C=Cc1ccc(CCCCCCCC)cc1.C=Cc1ccccc1C=C.CCCCCCCCCCCC[N+](C)(C)CC=Cc1ccccc1. The Morgan fingerprint density at radius 3 is 1.42 bits per heavy atom. The fraction of sp³-hybridized carbons (Fsp3) is 0.469. The number of likely N-dealkylation sites (N-methyl/N-ethyl adjacent to an activating group) is 1. The van der Waals surface area contributed by atoms with Gasteiger partial charge in [0.1, 0.15) is 0 Å². The van der Waals surface area contributed by atoms with Crippen LogP contribution in [0.3, 0.4) is 0 Å². The molecule has 0 unspecified atom stereocenters. The Hall–Kier alpha value is -3.42. The van der Waals surface area contributed by atoms with E-state index in [1.165, 1.54) is 132 Å². The molecule has 0 N–H and O–H groups in total. The maximum absolute atomic E-state index is 3.76. The smallest absolute Gasteiger partial charge is 0.0972 e. The summed E-state index contributed by atoms with van der Waals surface area (Å²) in [5.41, 5.74) is 6.25. The van der Waals surface area contributed by atoms with Crippen molar-refractivity contribution in [3.63, 3.8) is 0 Å². The summed E-state index contributed by atoms with van der Waals surface area (Å²) in [5.74, 6) is 0. The van der Waals surface area contributed by atoms with E-state index >= 15 is 0 Å². The first-order valence-corrected chi connectivity index (χ1v) is 20.0. The number of quaternary nitrogens is 1. The van der Waals surface area contributed by atoms with Gasteiger partial charge in [-0.1, -0.05) is 220 Å². The van der Waals surface area contributed by atoms with E-state index in [0.29, 0.717) is 0 Å². The summed E-state index contributed by atoms with van der Waals surface area (Å²) < 4.78 is 1.10. The Bertz CT molecular complexity index is 1240. The van der Waals surface area contributed by atoms with Crippen LogP contribution in [0.15, 0.2) is 105 Å². The van der Waals surface area contributed by atoms with E-state index in [0.717, 1.165) is 22.2 Å². The Morgan fingerprint density at radius 1 is 0.480 bits per heavy atom. The first-order chi connectivity index (χ1) is 24.4. The molecule has 1 heteroatoms. The molecule has 1 nitrogen and oxygen atoms in total. The molecular weight excluding hydrogens is 603 g/mol. The first-order valence-electron chi connectivity index (χ1n) is 20.0. The number of rotatable bonds is 24. The molecule has 3 aromatic carbocycles. The zero-order valence-corrected chi connectivity index (χ0v) is 32.9. The van der Waals surface area contributed by atoms with Crippen molar-refractivity contribution in [2.45, 2.75) is 123 Å². The van der Waals surface area contributed by atoms with E-state index in [1.54, 1.807) is 0 Å². The molecule has 0 heterocycles. The molecule has 3 rings (SSSR count). The van der Waals surface area contributed by atoms with E-state index in [4.69, 9.17) is 0 Å². The molecule has 0 bridgehead atoms. The second-order valence-electron chi connectivity index (χ2n) is 14.3. The van der Waals surface area contributed by atoms with Crippen LogP contribution in [0.2, 0.25) is 0 Å². The van der Waals surface area contributed by atoms with Gasteiger partial charge >= 0.3 is 0 Å². The average Bonchev–Trinajstić information content (AvgIpc) is 3.15. The van der Waals surface area contributed by atoms with Crippen LogP contribution < -0.4 is 0 Å². The number of aryl methyl sites for hydroxylation is 1. The summed E-state index contributed by atoms with van der Waals surface area (Å²) in [5, 5.41) is 0. The summed E-state index contributed by atoms with van der Waals surface area (Å²) in [6.45, 7) is 18.1. The van der Waals surface area contributed by atoms with Crippen LogP contribution >= 0.6 is 0 Å². The molecule has 0 aliphatic heterocycles. The Labute approximate surface area is 310 Å². The van der Waals surface area contributed by atoms with Crippen LogP contribution in [-0.2, 0) is 6.42 Å². The molecule has 50 heavy (non-hydrogen) atoms. The molecule has 0 spiro atoms. The number of unbranched alkanes of at least 4 members (excludes halogenated alkanes) is 14. The Morgan fingerprint density at radius 2 is 0.940 bits per heavy atom. The standard InChI is InChI=1S/C23H40N.C16H24.C10H10/c1-4-5-6-7-8-9-10-11-12-16-21-24(2,3)22-17-20-23-18-14-13-15-19-23;1-3-5-6-7-8-9-10-16-13-11-15(4-2)12-14-16;1-3-9-7-5-6-8-10(9)4-2/h13-15,17-20H,4-12,16,21-22H2,1-3H3;4,11-14H,2-3,5-10H2,1H3;3-8H,1-2H2/q+1;;. The van der Waals surface area contributed by atoms with E-state index in [-0.39, 0.29) is 0 Å². The second-order valence-corrected chi connectivity index (χ2v) is 14.3. The second kappa shape index (κ2) is 30.4. The minimum atomic E-state index is 1.10. The average molecular weight is 677 g/mol.